The Morgan fingerprint density at radius 3 is 2.71 bits per heavy atom. The van der Waals surface area contributed by atoms with Crippen molar-refractivity contribution in [1.82, 2.24) is 0 Å². The van der Waals surface area contributed by atoms with Gasteiger partial charge < -0.3 is 14.7 Å². The van der Waals surface area contributed by atoms with E-state index in [2.05, 4.69) is 4.90 Å². The van der Waals surface area contributed by atoms with Crippen LogP contribution in [-0.2, 0) is 11.3 Å². The molecule has 4 nitrogen and oxygen atoms in total. The first-order valence-electron chi connectivity index (χ1n) is 6.89. The fourth-order valence-electron chi connectivity index (χ4n) is 2.89. The molecule has 21 heavy (non-hydrogen) atoms. The molecule has 1 atom stereocenters. The molecule has 2 aromatic carbocycles. The zero-order valence-electron chi connectivity index (χ0n) is 11.8. The van der Waals surface area contributed by atoms with Crippen LogP contribution >= 0.6 is 0 Å². The standard InChI is InChI=1S/C17H17NO3/c1-21-16-9-5-2-6-12(16)10-18-11-14(17(19)20)13-7-3-4-8-15(13)18/h2-9,14H,10-11H2,1H3,(H,19,20). The molecule has 0 bridgehead atoms. The number of anilines is 1. The average molecular weight is 283 g/mol. The summed E-state index contributed by atoms with van der Waals surface area (Å²) in [6.07, 6.45) is 0. The molecule has 0 amide bonds. The number of para-hydroxylation sites is 2. The topological polar surface area (TPSA) is 49.8 Å². The molecule has 108 valence electrons. The van der Waals surface area contributed by atoms with E-state index in [1.807, 2.05) is 48.5 Å². The van der Waals surface area contributed by atoms with Crippen LogP contribution in [0.25, 0.3) is 0 Å². The Morgan fingerprint density at radius 2 is 1.95 bits per heavy atom. The molecule has 0 aliphatic carbocycles. The smallest absolute Gasteiger partial charge is 0.312 e. The van der Waals surface area contributed by atoms with Crippen LogP contribution < -0.4 is 9.64 Å². The number of aliphatic carboxylic acids is 1. The van der Waals surface area contributed by atoms with Crippen molar-refractivity contribution < 1.29 is 14.6 Å². The second-order valence-electron chi connectivity index (χ2n) is 5.14. The van der Waals surface area contributed by atoms with Crippen molar-refractivity contribution in [1.29, 1.82) is 0 Å². The SMILES string of the molecule is COc1ccccc1CN1CC(C(=O)O)c2ccccc21. The molecule has 1 aliphatic rings. The molecule has 1 N–H and O–H groups in total. The van der Waals surface area contributed by atoms with E-state index < -0.39 is 11.9 Å². The monoisotopic (exact) mass is 283 g/mol. The highest BCUT2D eigenvalue weighted by Crippen LogP contribution is 2.37. The molecular weight excluding hydrogens is 266 g/mol. The molecule has 0 spiro atoms. The molecule has 0 aromatic heterocycles. The lowest BCUT2D eigenvalue weighted by atomic mass is 10.0. The molecule has 1 unspecified atom stereocenters. The Kier molecular flexibility index (Phi) is 3.52. The van der Waals surface area contributed by atoms with Gasteiger partial charge in [-0.25, -0.2) is 0 Å². The number of methoxy groups -OCH3 is 1. The third-order valence-corrected chi connectivity index (χ3v) is 3.91. The summed E-state index contributed by atoms with van der Waals surface area (Å²) in [5.41, 5.74) is 2.94. The minimum Gasteiger partial charge on any atom is -0.496 e. The molecule has 3 rings (SSSR count). The fraction of sp³-hybridized carbons (Fsp3) is 0.235. The number of hydrogen-bond donors (Lipinski definition) is 1. The Labute approximate surface area is 123 Å². The van der Waals surface area contributed by atoms with Crippen LogP contribution in [0.5, 0.6) is 5.75 Å². The van der Waals surface area contributed by atoms with Gasteiger partial charge in [-0.2, -0.15) is 0 Å². The first-order chi connectivity index (χ1) is 10.2. The Morgan fingerprint density at radius 1 is 1.24 bits per heavy atom. The average Bonchev–Trinajstić information content (AvgIpc) is 2.87. The third kappa shape index (κ3) is 2.44. The molecule has 0 saturated heterocycles. The first-order valence-corrected chi connectivity index (χ1v) is 6.89. The maximum Gasteiger partial charge on any atom is 0.312 e. The summed E-state index contributed by atoms with van der Waals surface area (Å²) in [6.45, 7) is 1.14. The summed E-state index contributed by atoms with van der Waals surface area (Å²) in [4.78, 5) is 13.5. The zero-order chi connectivity index (χ0) is 14.8. The van der Waals surface area contributed by atoms with Crippen molar-refractivity contribution in [2.75, 3.05) is 18.6 Å². The molecule has 1 heterocycles. The van der Waals surface area contributed by atoms with Crippen LogP contribution in [0.2, 0.25) is 0 Å². The number of carboxylic acids is 1. The maximum atomic E-state index is 11.4. The predicted octanol–water partition coefficient (Wildman–Crippen LogP) is 2.88. The van der Waals surface area contributed by atoms with Crippen molar-refractivity contribution in [3.8, 4) is 5.75 Å². The summed E-state index contributed by atoms with van der Waals surface area (Å²) in [5.74, 6) is -0.408. The Hall–Kier alpha value is -2.49. The van der Waals surface area contributed by atoms with Crippen LogP contribution in [0.4, 0.5) is 5.69 Å². The van der Waals surface area contributed by atoms with Gasteiger partial charge in [-0.1, -0.05) is 36.4 Å². The van der Waals surface area contributed by atoms with Gasteiger partial charge in [0.25, 0.3) is 0 Å². The molecule has 0 saturated carbocycles. The summed E-state index contributed by atoms with van der Waals surface area (Å²) in [6, 6.07) is 15.5. The second-order valence-corrected chi connectivity index (χ2v) is 5.14. The lowest BCUT2D eigenvalue weighted by molar-refractivity contribution is -0.138. The van der Waals surface area contributed by atoms with E-state index >= 15 is 0 Å². The summed E-state index contributed by atoms with van der Waals surface area (Å²) < 4.78 is 5.37. The summed E-state index contributed by atoms with van der Waals surface area (Å²) in [5, 5.41) is 9.39. The van der Waals surface area contributed by atoms with E-state index in [0.29, 0.717) is 13.1 Å². The van der Waals surface area contributed by atoms with Gasteiger partial charge in [0.15, 0.2) is 0 Å². The van der Waals surface area contributed by atoms with E-state index in [0.717, 1.165) is 22.6 Å². The number of carboxylic acid groups (broad SMARTS) is 1. The van der Waals surface area contributed by atoms with E-state index in [4.69, 9.17) is 4.74 Å². The van der Waals surface area contributed by atoms with Crippen molar-refractivity contribution in [3.63, 3.8) is 0 Å². The van der Waals surface area contributed by atoms with Gasteiger partial charge in [0.1, 0.15) is 11.7 Å². The number of fused-ring (bicyclic) bond motifs is 1. The van der Waals surface area contributed by atoms with Gasteiger partial charge in [0, 0.05) is 24.3 Å². The van der Waals surface area contributed by atoms with Crippen molar-refractivity contribution >= 4 is 11.7 Å². The summed E-state index contributed by atoms with van der Waals surface area (Å²) >= 11 is 0. The van der Waals surface area contributed by atoms with Gasteiger partial charge in [-0.3, -0.25) is 4.79 Å². The van der Waals surface area contributed by atoms with Crippen molar-refractivity contribution in [3.05, 3.63) is 59.7 Å². The van der Waals surface area contributed by atoms with Gasteiger partial charge >= 0.3 is 5.97 Å². The highest BCUT2D eigenvalue weighted by Gasteiger charge is 2.33. The minimum absolute atomic E-state index is 0.462. The van der Waals surface area contributed by atoms with E-state index in [-0.39, 0.29) is 0 Å². The largest absolute Gasteiger partial charge is 0.496 e. The Balaban J connectivity index is 1.92. The van der Waals surface area contributed by atoms with E-state index in [1.165, 1.54) is 0 Å². The van der Waals surface area contributed by atoms with Crippen LogP contribution in [0.1, 0.15) is 17.0 Å². The molecular formula is C17H17NO3. The fourth-order valence-corrected chi connectivity index (χ4v) is 2.89. The second kappa shape index (κ2) is 5.48. The van der Waals surface area contributed by atoms with Gasteiger partial charge in [0.05, 0.1) is 7.11 Å². The van der Waals surface area contributed by atoms with Crippen LogP contribution in [0.3, 0.4) is 0 Å². The van der Waals surface area contributed by atoms with Gasteiger partial charge in [-0.05, 0) is 17.7 Å². The van der Waals surface area contributed by atoms with Crippen LogP contribution in [0, 0.1) is 0 Å². The zero-order valence-corrected chi connectivity index (χ0v) is 11.8. The summed E-state index contributed by atoms with van der Waals surface area (Å²) in [7, 11) is 1.65. The molecule has 0 fully saturated rings. The van der Waals surface area contributed by atoms with Crippen molar-refractivity contribution in [2.24, 2.45) is 0 Å². The normalized spacial score (nSPS) is 16.6. The highest BCUT2D eigenvalue weighted by atomic mass is 16.5. The van der Waals surface area contributed by atoms with Crippen molar-refractivity contribution in [2.45, 2.75) is 12.5 Å². The molecule has 4 heteroatoms. The number of nitrogens with zero attached hydrogens (tertiary/aromatic N) is 1. The minimum atomic E-state index is -0.773. The maximum absolute atomic E-state index is 11.4. The van der Waals surface area contributed by atoms with Gasteiger partial charge in [0.2, 0.25) is 0 Å². The molecule has 0 radical (unpaired) electrons. The van der Waals surface area contributed by atoms with Gasteiger partial charge in [-0.15, -0.1) is 0 Å². The van der Waals surface area contributed by atoms with Crippen LogP contribution in [0.15, 0.2) is 48.5 Å². The van der Waals surface area contributed by atoms with E-state index in [1.54, 1.807) is 7.11 Å². The van der Waals surface area contributed by atoms with E-state index in [9.17, 15) is 9.90 Å². The number of benzene rings is 2. The van der Waals surface area contributed by atoms with Crippen LogP contribution in [-0.4, -0.2) is 24.7 Å². The lowest BCUT2D eigenvalue weighted by Gasteiger charge is -2.21. The molecule has 2 aromatic rings. The third-order valence-electron chi connectivity index (χ3n) is 3.91. The quantitative estimate of drug-likeness (QED) is 0.937. The highest BCUT2D eigenvalue weighted by molar-refractivity contribution is 5.83. The number of carbonyl (C=O) groups is 1. The number of rotatable bonds is 4. The predicted molar refractivity (Wildman–Crippen MR) is 80.9 cm³/mol. The first kappa shape index (κ1) is 13.5. The molecule has 1 aliphatic heterocycles. The Bertz CT molecular complexity index is 669. The number of ether oxygens (including phenoxy) is 1. The lowest BCUT2D eigenvalue weighted by Crippen LogP contribution is -2.24. The number of hydrogen-bond acceptors (Lipinski definition) is 3.